The molecule has 0 bridgehead atoms. The lowest BCUT2D eigenvalue weighted by Crippen LogP contribution is -2.45. The highest BCUT2D eigenvalue weighted by molar-refractivity contribution is 5.96. The summed E-state index contributed by atoms with van der Waals surface area (Å²) in [6.07, 6.45) is 1.86. The van der Waals surface area contributed by atoms with E-state index in [1.807, 2.05) is 29.2 Å². The SMILES string of the molecule is CC1CNCC(C(=O)N2CCCOc3ccccc32)C1. The summed E-state index contributed by atoms with van der Waals surface area (Å²) in [5.41, 5.74) is 0.924. The van der Waals surface area contributed by atoms with Crippen LogP contribution in [0.1, 0.15) is 19.8 Å². The van der Waals surface area contributed by atoms with Gasteiger partial charge in [-0.25, -0.2) is 0 Å². The zero-order valence-electron chi connectivity index (χ0n) is 12.0. The number of hydrogen-bond acceptors (Lipinski definition) is 3. The van der Waals surface area contributed by atoms with Crippen molar-refractivity contribution in [3.63, 3.8) is 0 Å². The summed E-state index contributed by atoms with van der Waals surface area (Å²) in [6.45, 7) is 5.44. The number of amides is 1. The number of carbonyl (C=O) groups is 1. The summed E-state index contributed by atoms with van der Waals surface area (Å²) < 4.78 is 5.73. The molecule has 2 atom stereocenters. The summed E-state index contributed by atoms with van der Waals surface area (Å²) in [6, 6.07) is 7.85. The summed E-state index contributed by atoms with van der Waals surface area (Å²) in [4.78, 5) is 14.8. The van der Waals surface area contributed by atoms with E-state index in [0.29, 0.717) is 12.5 Å². The van der Waals surface area contributed by atoms with Gasteiger partial charge < -0.3 is 15.0 Å². The molecule has 2 aliphatic heterocycles. The van der Waals surface area contributed by atoms with E-state index < -0.39 is 0 Å². The van der Waals surface area contributed by atoms with Crippen molar-refractivity contribution in [2.75, 3.05) is 31.1 Å². The van der Waals surface area contributed by atoms with Gasteiger partial charge in [0.25, 0.3) is 0 Å². The van der Waals surface area contributed by atoms with Crippen molar-refractivity contribution in [2.45, 2.75) is 19.8 Å². The van der Waals surface area contributed by atoms with Crippen molar-refractivity contribution in [1.29, 1.82) is 0 Å². The fourth-order valence-electron chi connectivity index (χ4n) is 3.12. The van der Waals surface area contributed by atoms with Crippen LogP contribution in [-0.2, 0) is 4.79 Å². The van der Waals surface area contributed by atoms with Crippen LogP contribution in [-0.4, -0.2) is 32.1 Å². The van der Waals surface area contributed by atoms with E-state index in [-0.39, 0.29) is 11.8 Å². The molecule has 108 valence electrons. The van der Waals surface area contributed by atoms with Crippen LogP contribution < -0.4 is 15.0 Å². The number of anilines is 1. The number of ether oxygens (including phenoxy) is 1. The molecule has 1 aromatic rings. The van der Waals surface area contributed by atoms with Gasteiger partial charge in [-0.3, -0.25) is 4.79 Å². The third-order valence-corrected chi connectivity index (χ3v) is 4.13. The quantitative estimate of drug-likeness (QED) is 0.852. The number of fused-ring (bicyclic) bond motifs is 1. The maximum absolute atomic E-state index is 12.8. The van der Waals surface area contributed by atoms with E-state index in [0.717, 1.165) is 43.9 Å². The van der Waals surface area contributed by atoms with Gasteiger partial charge in [0.15, 0.2) is 0 Å². The third kappa shape index (κ3) is 2.66. The minimum Gasteiger partial charge on any atom is -0.491 e. The minimum atomic E-state index is 0.0879. The zero-order valence-corrected chi connectivity index (χ0v) is 12.0. The number of nitrogens with one attached hydrogen (secondary N) is 1. The summed E-state index contributed by atoms with van der Waals surface area (Å²) in [7, 11) is 0. The molecule has 2 unspecified atom stereocenters. The molecule has 1 saturated heterocycles. The molecule has 0 radical (unpaired) electrons. The maximum atomic E-state index is 12.8. The topological polar surface area (TPSA) is 41.6 Å². The van der Waals surface area contributed by atoms with E-state index in [2.05, 4.69) is 12.2 Å². The first kappa shape index (κ1) is 13.4. The Hall–Kier alpha value is -1.55. The lowest BCUT2D eigenvalue weighted by Gasteiger charge is -2.31. The Balaban J connectivity index is 1.83. The van der Waals surface area contributed by atoms with E-state index >= 15 is 0 Å². The van der Waals surface area contributed by atoms with Crippen molar-refractivity contribution in [1.82, 2.24) is 5.32 Å². The van der Waals surface area contributed by atoms with Crippen molar-refractivity contribution in [3.8, 4) is 5.75 Å². The normalized spacial score (nSPS) is 26.4. The fraction of sp³-hybridized carbons (Fsp3) is 0.562. The molecule has 1 N–H and O–H groups in total. The maximum Gasteiger partial charge on any atom is 0.231 e. The molecule has 4 heteroatoms. The lowest BCUT2D eigenvalue weighted by molar-refractivity contribution is -0.123. The Kier molecular flexibility index (Phi) is 3.92. The first-order valence-electron chi connectivity index (χ1n) is 7.49. The van der Waals surface area contributed by atoms with Gasteiger partial charge in [-0.15, -0.1) is 0 Å². The number of benzene rings is 1. The average Bonchev–Trinajstić information content (AvgIpc) is 2.69. The number of carbonyl (C=O) groups excluding carboxylic acids is 1. The van der Waals surface area contributed by atoms with Crippen LogP contribution >= 0.6 is 0 Å². The largest absolute Gasteiger partial charge is 0.491 e. The van der Waals surface area contributed by atoms with Crippen molar-refractivity contribution < 1.29 is 9.53 Å². The molecule has 0 aliphatic carbocycles. The van der Waals surface area contributed by atoms with Crippen molar-refractivity contribution >= 4 is 11.6 Å². The summed E-state index contributed by atoms with van der Waals surface area (Å²) in [5.74, 6) is 1.72. The van der Waals surface area contributed by atoms with E-state index in [9.17, 15) is 4.79 Å². The monoisotopic (exact) mass is 274 g/mol. The lowest BCUT2D eigenvalue weighted by atomic mass is 9.90. The first-order valence-corrected chi connectivity index (χ1v) is 7.49. The number of nitrogens with zero attached hydrogens (tertiary/aromatic N) is 1. The van der Waals surface area contributed by atoms with Crippen LogP contribution in [0.2, 0.25) is 0 Å². The molecule has 0 saturated carbocycles. The van der Waals surface area contributed by atoms with Gasteiger partial charge >= 0.3 is 0 Å². The second-order valence-electron chi connectivity index (χ2n) is 5.86. The molecular formula is C16H22N2O2. The van der Waals surface area contributed by atoms with Crippen LogP contribution in [0, 0.1) is 11.8 Å². The molecule has 2 aliphatic rings. The smallest absolute Gasteiger partial charge is 0.231 e. The molecular weight excluding hydrogens is 252 g/mol. The molecule has 1 amide bonds. The fourth-order valence-corrected chi connectivity index (χ4v) is 3.12. The van der Waals surface area contributed by atoms with Crippen LogP contribution in [0.15, 0.2) is 24.3 Å². The molecule has 4 nitrogen and oxygen atoms in total. The summed E-state index contributed by atoms with van der Waals surface area (Å²) in [5, 5.41) is 3.37. The Bertz CT molecular complexity index is 489. The highest BCUT2D eigenvalue weighted by atomic mass is 16.5. The highest BCUT2D eigenvalue weighted by Crippen LogP contribution is 2.32. The van der Waals surface area contributed by atoms with Gasteiger partial charge in [0.2, 0.25) is 5.91 Å². The van der Waals surface area contributed by atoms with Gasteiger partial charge in [0, 0.05) is 13.1 Å². The van der Waals surface area contributed by atoms with Gasteiger partial charge in [0.1, 0.15) is 5.75 Å². The van der Waals surface area contributed by atoms with Crippen LogP contribution in [0.5, 0.6) is 5.75 Å². The highest BCUT2D eigenvalue weighted by Gasteiger charge is 2.31. The van der Waals surface area contributed by atoms with Gasteiger partial charge in [-0.1, -0.05) is 19.1 Å². The number of piperidine rings is 1. The predicted molar refractivity (Wildman–Crippen MR) is 79.0 cm³/mol. The van der Waals surface area contributed by atoms with Crippen molar-refractivity contribution in [3.05, 3.63) is 24.3 Å². The van der Waals surface area contributed by atoms with Crippen LogP contribution in [0.4, 0.5) is 5.69 Å². The molecule has 1 aromatic carbocycles. The molecule has 1 fully saturated rings. The zero-order chi connectivity index (χ0) is 13.9. The standard InChI is InChI=1S/C16H22N2O2/c1-12-9-13(11-17-10-12)16(19)18-7-4-8-20-15-6-3-2-5-14(15)18/h2-3,5-6,12-13,17H,4,7-11H2,1H3. The molecule has 20 heavy (non-hydrogen) atoms. The second kappa shape index (κ2) is 5.83. The number of rotatable bonds is 1. The average molecular weight is 274 g/mol. The van der Waals surface area contributed by atoms with E-state index in [1.54, 1.807) is 0 Å². The van der Waals surface area contributed by atoms with Gasteiger partial charge in [-0.05, 0) is 37.4 Å². The van der Waals surface area contributed by atoms with E-state index in [1.165, 1.54) is 0 Å². The van der Waals surface area contributed by atoms with Crippen LogP contribution in [0.3, 0.4) is 0 Å². The number of para-hydroxylation sites is 2. The van der Waals surface area contributed by atoms with Crippen LogP contribution in [0.25, 0.3) is 0 Å². The minimum absolute atomic E-state index is 0.0879. The Labute approximate surface area is 120 Å². The Morgan fingerprint density at radius 2 is 2.20 bits per heavy atom. The molecule has 0 aromatic heterocycles. The van der Waals surface area contributed by atoms with E-state index in [4.69, 9.17) is 4.74 Å². The Morgan fingerprint density at radius 3 is 3.05 bits per heavy atom. The third-order valence-electron chi connectivity index (χ3n) is 4.13. The molecule has 2 heterocycles. The summed E-state index contributed by atoms with van der Waals surface area (Å²) >= 11 is 0. The first-order chi connectivity index (χ1) is 9.75. The molecule has 3 rings (SSSR count). The predicted octanol–water partition coefficient (Wildman–Crippen LogP) is 2.05. The van der Waals surface area contributed by atoms with Gasteiger partial charge in [0.05, 0.1) is 18.2 Å². The Morgan fingerprint density at radius 1 is 1.35 bits per heavy atom. The van der Waals surface area contributed by atoms with Gasteiger partial charge in [-0.2, -0.15) is 0 Å². The molecule has 0 spiro atoms. The second-order valence-corrected chi connectivity index (χ2v) is 5.86. The van der Waals surface area contributed by atoms with Crippen molar-refractivity contribution in [2.24, 2.45) is 11.8 Å². The number of hydrogen-bond donors (Lipinski definition) is 1.